The molecule has 0 aliphatic rings. The van der Waals surface area contributed by atoms with Crippen LogP contribution in [0.5, 0.6) is 11.5 Å². The van der Waals surface area contributed by atoms with E-state index in [0.29, 0.717) is 27.3 Å². The van der Waals surface area contributed by atoms with Gasteiger partial charge >= 0.3 is 0 Å². The van der Waals surface area contributed by atoms with E-state index in [0.717, 1.165) is 4.70 Å². The van der Waals surface area contributed by atoms with Crippen molar-refractivity contribution < 1.29 is 19.2 Å². The topological polar surface area (TPSA) is 103 Å². The molecule has 8 nitrogen and oxygen atoms in total. The van der Waals surface area contributed by atoms with Gasteiger partial charge in [-0.25, -0.2) is 5.43 Å². The third-order valence-corrected chi connectivity index (χ3v) is 4.86. The highest BCUT2D eigenvalue weighted by Crippen LogP contribution is 2.29. The van der Waals surface area contributed by atoms with Crippen LogP contribution >= 0.6 is 11.3 Å². The van der Waals surface area contributed by atoms with Gasteiger partial charge in [0, 0.05) is 33.8 Å². The molecule has 0 radical (unpaired) electrons. The van der Waals surface area contributed by atoms with E-state index in [1.807, 2.05) is 0 Å². The first kappa shape index (κ1) is 18.3. The number of amides is 1. The molecule has 9 heteroatoms. The molecule has 0 fully saturated rings. The maximum absolute atomic E-state index is 12.3. The molecular formula is C18H15N3O5S. The van der Waals surface area contributed by atoms with E-state index in [9.17, 15) is 14.9 Å². The predicted octanol–water partition coefficient (Wildman–Crippen LogP) is 3.59. The van der Waals surface area contributed by atoms with Crippen molar-refractivity contribution in [2.75, 3.05) is 14.2 Å². The minimum Gasteiger partial charge on any atom is -0.497 e. The Balaban J connectivity index is 1.75. The molecule has 27 heavy (non-hydrogen) atoms. The second kappa shape index (κ2) is 7.83. The average Bonchev–Trinajstić information content (AvgIpc) is 3.11. The lowest BCUT2D eigenvalue weighted by Crippen LogP contribution is -2.16. The Labute approximate surface area is 158 Å². The van der Waals surface area contributed by atoms with Crippen LogP contribution in [0.1, 0.15) is 15.2 Å². The molecule has 1 aromatic heterocycles. The molecular weight excluding hydrogens is 370 g/mol. The van der Waals surface area contributed by atoms with Crippen molar-refractivity contribution in [2.45, 2.75) is 0 Å². The SMILES string of the molecule is COc1ccc(/C=N\NC(=O)c2cc3cc([N+](=O)[O-])ccc3s2)c(OC)c1. The molecule has 0 aliphatic carbocycles. The molecule has 1 N–H and O–H groups in total. The molecule has 0 saturated carbocycles. The maximum atomic E-state index is 12.3. The lowest BCUT2D eigenvalue weighted by Gasteiger charge is -2.06. The van der Waals surface area contributed by atoms with Crippen LogP contribution < -0.4 is 14.9 Å². The summed E-state index contributed by atoms with van der Waals surface area (Å²) in [6, 6.07) is 11.3. The van der Waals surface area contributed by atoms with Gasteiger partial charge in [-0.05, 0) is 24.3 Å². The second-order valence-electron chi connectivity index (χ2n) is 5.40. The number of nitro groups is 1. The number of hydrazone groups is 1. The summed E-state index contributed by atoms with van der Waals surface area (Å²) in [6.45, 7) is 0. The number of hydrogen-bond acceptors (Lipinski definition) is 7. The number of carbonyl (C=O) groups excluding carboxylic acids is 1. The quantitative estimate of drug-likeness (QED) is 0.397. The second-order valence-corrected chi connectivity index (χ2v) is 6.48. The first-order valence-corrected chi connectivity index (χ1v) is 8.57. The largest absolute Gasteiger partial charge is 0.497 e. The molecule has 2 aromatic carbocycles. The summed E-state index contributed by atoms with van der Waals surface area (Å²) >= 11 is 1.23. The zero-order valence-electron chi connectivity index (χ0n) is 14.5. The Bertz CT molecular complexity index is 1040. The molecule has 0 bridgehead atoms. The molecule has 138 valence electrons. The molecule has 1 amide bonds. The smallest absolute Gasteiger partial charge is 0.281 e. The van der Waals surface area contributed by atoms with Crippen molar-refractivity contribution in [3.63, 3.8) is 0 Å². The van der Waals surface area contributed by atoms with Gasteiger partial charge in [-0.15, -0.1) is 11.3 Å². The zero-order valence-corrected chi connectivity index (χ0v) is 15.3. The van der Waals surface area contributed by atoms with Gasteiger partial charge in [-0.2, -0.15) is 5.10 Å². The zero-order chi connectivity index (χ0) is 19.4. The summed E-state index contributed by atoms with van der Waals surface area (Å²) in [5.74, 6) is 0.802. The van der Waals surface area contributed by atoms with Crippen LogP contribution in [0.4, 0.5) is 5.69 Å². The van der Waals surface area contributed by atoms with Crippen molar-refractivity contribution in [1.29, 1.82) is 0 Å². The van der Waals surface area contributed by atoms with E-state index in [2.05, 4.69) is 10.5 Å². The summed E-state index contributed by atoms with van der Waals surface area (Å²) in [6.07, 6.45) is 1.47. The number of benzene rings is 2. The van der Waals surface area contributed by atoms with Crippen molar-refractivity contribution in [1.82, 2.24) is 5.43 Å². The monoisotopic (exact) mass is 385 g/mol. The van der Waals surface area contributed by atoms with Crippen LogP contribution in [-0.2, 0) is 0 Å². The van der Waals surface area contributed by atoms with E-state index < -0.39 is 10.8 Å². The molecule has 0 unspecified atom stereocenters. The highest BCUT2D eigenvalue weighted by molar-refractivity contribution is 7.20. The van der Waals surface area contributed by atoms with Gasteiger partial charge in [0.15, 0.2) is 0 Å². The van der Waals surface area contributed by atoms with E-state index in [4.69, 9.17) is 9.47 Å². The minimum atomic E-state index is -0.469. The first-order valence-electron chi connectivity index (χ1n) is 7.75. The van der Waals surface area contributed by atoms with Crippen molar-refractivity contribution >= 4 is 39.2 Å². The van der Waals surface area contributed by atoms with Gasteiger partial charge in [-0.3, -0.25) is 14.9 Å². The van der Waals surface area contributed by atoms with Gasteiger partial charge in [0.05, 0.1) is 30.2 Å². The third kappa shape index (κ3) is 4.04. The Hall–Kier alpha value is -3.46. The Morgan fingerprint density at radius 1 is 1.19 bits per heavy atom. The number of nitrogens with zero attached hydrogens (tertiary/aromatic N) is 2. The van der Waals surface area contributed by atoms with Gasteiger partial charge in [-0.1, -0.05) is 0 Å². The number of nitrogens with one attached hydrogen (secondary N) is 1. The standard InChI is InChI=1S/C18H15N3O5S/c1-25-14-5-3-11(15(9-14)26-2)10-19-20-18(22)17-8-12-7-13(21(23)24)4-6-16(12)27-17/h3-10H,1-2H3,(H,20,22)/b19-10-. The van der Waals surface area contributed by atoms with E-state index >= 15 is 0 Å². The van der Waals surface area contributed by atoms with Crippen LogP contribution in [0.3, 0.4) is 0 Å². The molecule has 0 atom stereocenters. The number of carbonyl (C=O) groups is 1. The fourth-order valence-corrected chi connectivity index (χ4v) is 3.33. The minimum absolute atomic E-state index is 0.0168. The van der Waals surface area contributed by atoms with Crippen LogP contribution in [0.2, 0.25) is 0 Å². The van der Waals surface area contributed by atoms with Gasteiger partial charge in [0.1, 0.15) is 11.5 Å². The molecule has 1 heterocycles. The van der Waals surface area contributed by atoms with Crippen molar-refractivity contribution in [3.8, 4) is 11.5 Å². The fraction of sp³-hybridized carbons (Fsp3) is 0.111. The summed E-state index contributed by atoms with van der Waals surface area (Å²) in [5.41, 5.74) is 3.10. The predicted molar refractivity (Wildman–Crippen MR) is 103 cm³/mol. The molecule has 0 saturated heterocycles. The molecule has 3 aromatic rings. The Morgan fingerprint density at radius 3 is 2.70 bits per heavy atom. The lowest BCUT2D eigenvalue weighted by atomic mass is 10.2. The molecule has 0 aliphatic heterocycles. The van der Waals surface area contributed by atoms with Crippen LogP contribution in [0, 0.1) is 10.1 Å². The Kier molecular flexibility index (Phi) is 5.32. The number of hydrogen-bond donors (Lipinski definition) is 1. The Morgan fingerprint density at radius 2 is 2.00 bits per heavy atom. The van der Waals surface area contributed by atoms with E-state index in [1.165, 1.54) is 36.8 Å². The summed E-state index contributed by atoms with van der Waals surface area (Å²) in [4.78, 5) is 23.1. The van der Waals surface area contributed by atoms with Crippen molar-refractivity contribution in [2.24, 2.45) is 5.10 Å². The van der Waals surface area contributed by atoms with Gasteiger partial charge in [0.2, 0.25) is 0 Å². The van der Waals surface area contributed by atoms with Gasteiger partial charge < -0.3 is 9.47 Å². The number of thiophene rings is 1. The maximum Gasteiger partial charge on any atom is 0.281 e. The lowest BCUT2D eigenvalue weighted by molar-refractivity contribution is -0.384. The molecule has 0 spiro atoms. The van der Waals surface area contributed by atoms with E-state index in [1.54, 1.807) is 37.4 Å². The van der Waals surface area contributed by atoms with Crippen molar-refractivity contribution in [3.05, 3.63) is 63.0 Å². The number of nitro benzene ring substituents is 1. The number of rotatable bonds is 6. The third-order valence-electron chi connectivity index (χ3n) is 3.74. The fourth-order valence-electron chi connectivity index (χ4n) is 2.40. The average molecular weight is 385 g/mol. The van der Waals surface area contributed by atoms with Gasteiger partial charge in [0.25, 0.3) is 11.6 Å². The van der Waals surface area contributed by atoms with E-state index in [-0.39, 0.29) is 5.69 Å². The highest BCUT2D eigenvalue weighted by Gasteiger charge is 2.13. The molecule has 3 rings (SSSR count). The van der Waals surface area contributed by atoms with Crippen LogP contribution in [-0.4, -0.2) is 31.3 Å². The summed E-state index contributed by atoms with van der Waals surface area (Å²) in [5, 5.41) is 15.4. The highest BCUT2D eigenvalue weighted by atomic mass is 32.1. The van der Waals surface area contributed by atoms with Crippen LogP contribution in [0.25, 0.3) is 10.1 Å². The number of ether oxygens (including phenoxy) is 2. The normalized spacial score (nSPS) is 10.9. The summed E-state index contributed by atoms with van der Waals surface area (Å²) in [7, 11) is 3.09. The number of non-ortho nitro benzene ring substituents is 1. The first-order chi connectivity index (χ1) is 13.0. The number of methoxy groups -OCH3 is 2. The number of fused-ring (bicyclic) bond motifs is 1. The summed E-state index contributed by atoms with van der Waals surface area (Å²) < 4.78 is 11.2. The van der Waals surface area contributed by atoms with Crippen LogP contribution in [0.15, 0.2) is 47.6 Å².